The van der Waals surface area contributed by atoms with E-state index in [9.17, 15) is 18.0 Å². The lowest BCUT2D eigenvalue weighted by Gasteiger charge is -2.41. The molecule has 0 atom stereocenters. The monoisotopic (exact) mass is 239 g/mol. The number of ether oxygens (including phenoxy) is 1. The van der Waals surface area contributed by atoms with E-state index in [1.807, 2.05) is 0 Å². The van der Waals surface area contributed by atoms with Crippen LogP contribution in [0.25, 0.3) is 0 Å². The molecule has 0 aromatic carbocycles. The van der Waals surface area contributed by atoms with Crippen molar-refractivity contribution >= 4 is 5.97 Å². The number of carbonyl (C=O) groups is 1. The average molecular weight is 239 g/mol. The van der Waals surface area contributed by atoms with Crippen LogP contribution in [0.4, 0.5) is 13.2 Å². The van der Waals surface area contributed by atoms with Crippen LogP contribution in [0.3, 0.4) is 0 Å². The molecule has 94 valence electrons. The Morgan fingerprint density at radius 2 is 1.69 bits per heavy atom. The summed E-state index contributed by atoms with van der Waals surface area (Å²) in [7, 11) is 3.27. The molecule has 1 aliphatic carbocycles. The predicted octanol–water partition coefficient (Wildman–Crippen LogP) is 2.31. The Morgan fingerprint density at radius 1 is 1.19 bits per heavy atom. The molecule has 0 saturated heterocycles. The van der Waals surface area contributed by atoms with E-state index < -0.39 is 17.9 Å². The van der Waals surface area contributed by atoms with Crippen molar-refractivity contribution < 1.29 is 22.7 Å². The van der Waals surface area contributed by atoms with Crippen molar-refractivity contribution in [1.82, 2.24) is 4.90 Å². The van der Waals surface area contributed by atoms with Gasteiger partial charge in [0.2, 0.25) is 0 Å². The number of hydrogen-bond donors (Lipinski definition) is 0. The number of hydrogen-bond acceptors (Lipinski definition) is 3. The molecule has 0 unspecified atom stereocenters. The van der Waals surface area contributed by atoms with Crippen molar-refractivity contribution in [2.75, 3.05) is 14.1 Å². The van der Waals surface area contributed by atoms with Gasteiger partial charge in [0.05, 0.1) is 0 Å². The van der Waals surface area contributed by atoms with E-state index in [2.05, 4.69) is 4.74 Å². The highest BCUT2D eigenvalue weighted by atomic mass is 19.4. The SMILES string of the molecule is CN(C)C1(OC(=O)C(F)(F)F)CCCCC1. The Kier molecular flexibility index (Phi) is 3.83. The molecule has 6 heteroatoms. The van der Waals surface area contributed by atoms with Crippen molar-refractivity contribution in [3.05, 3.63) is 0 Å². The fourth-order valence-corrected chi connectivity index (χ4v) is 1.98. The largest absolute Gasteiger partial charge is 0.490 e. The molecule has 1 rings (SSSR count). The summed E-state index contributed by atoms with van der Waals surface area (Å²) in [4.78, 5) is 12.4. The molecule has 0 aromatic heterocycles. The smallest absolute Gasteiger partial charge is 0.437 e. The van der Waals surface area contributed by atoms with Crippen LogP contribution in [-0.2, 0) is 9.53 Å². The molecule has 0 aromatic rings. The molecule has 1 aliphatic rings. The topological polar surface area (TPSA) is 29.5 Å². The number of alkyl halides is 3. The zero-order chi connectivity index (χ0) is 12.4. The Balaban J connectivity index is 2.75. The zero-order valence-electron chi connectivity index (χ0n) is 9.43. The zero-order valence-corrected chi connectivity index (χ0v) is 9.43. The summed E-state index contributed by atoms with van der Waals surface area (Å²) in [5.74, 6) is -2.09. The lowest BCUT2D eigenvalue weighted by molar-refractivity contribution is -0.232. The average Bonchev–Trinajstić information content (AvgIpc) is 2.17. The van der Waals surface area contributed by atoms with Gasteiger partial charge in [-0.3, -0.25) is 4.90 Å². The molecule has 0 bridgehead atoms. The van der Waals surface area contributed by atoms with Gasteiger partial charge in [-0.1, -0.05) is 6.42 Å². The summed E-state index contributed by atoms with van der Waals surface area (Å²) in [5, 5.41) is 0. The first kappa shape index (κ1) is 13.3. The molecule has 3 nitrogen and oxygen atoms in total. The fraction of sp³-hybridized carbons (Fsp3) is 0.900. The van der Waals surface area contributed by atoms with Crippen molar-refractivity contribution in [2.24, 2.45) is 0 Å². The number of rotatable bonds is 2. The second-order valence-electron chi connectivity index (χ2n) is 4.29. The first-order valence-electron chi connectivity index (χ1n) is 5.25. The Hall–Kier alpha value is -0.780. The van der Waals surface area contributed by atoms with Crippen LogP contribution in [0, 0.1) is 0 Å². The first-order valence-corrected chi connectivity index (χ1v) is 5.25. The summed E-state index contributed by atoms with van der Waals surface area (Å²) in [6.45, 7) is 0. The van der Waals surface area contributed by atoms with Crippen LogP contribution in [0.5, 0.6) is 0 Å². The molecule has 0 N–H and O–H groups in total. The highest BCUT2D eigenvalue weighted by Crippen LogP contribution is 2.35. The maximum absolute atomic E-state index is 12.1. The number of esters is 1. The minimum absolute atomic E-state index is 0.460. The Bertz CT molecular complexity index is 257. The Labute approximate surface area is 92.5 Å². The molecule has 16 heavy (non-hydrogen) atoms. The highest BCUT2D eigenvalue weighted by molar-refractivity contribution is 5.76. The number of halogens is 3. The van der Waals surface area contributed by atoms with Crippen LogP contribution in [0.2, 0.25) is 0 Å². The van der Waals surface area contributed by atoms with Crippen LogP contribution >= 0.6 is 0 Å². The maximum atomic E-state index is 12.1. The molecule has 0 aliphatic heterocycles. The maximum Gasteiger partial charge on any atom is 0.490 e. The van der Waals surface area contributed by atoms with E-state index in [4.69, 9.17) is 0 Å². The van der Waals surface area contributed by atoms with Gasteiger partial charge in [-0.25, -0.2) is 4.79 Å². The van der Waals surface area contributed by atoms with Crippen LogP contribution < -0.4 is 0 Å². The second-order valence-corrected chi connectivity index (χ2v) is 4.29. The highest BCUT2D eigenvalue weighted by Gasteiger charge is 2.47. The second kappa shape index (κ2) is 4.61. The molecular formula is C10H16F3NO2. The summed E-state index contributed by atoms with van der Waals surface area (Å²) >= 11 is 0. The summed E-state index contributed by atoms with van der Waals surface area (Å²) < 4.78 is 41.1. The van der Waals surface area contributed by atoms with Gasteiger partial charge in [-0.15, -0.1) is 0 Å². The van der Waals surface area contributed by atoms with Gasteiger partial charge in [0.1, 0.15) is 0 Å². The molecular weight excluding hydrogens is 223 g/mol. The fourth-order valence-electron chi connectivity index (χ4n) is 1.98. The molecule has 0 radical (unpaired) electrons. The van der Waals surface area contributed by atoms with E-state index in [1.165, 1.54) is 0 Å². The van der Waals surface area contributed by atoms with Crippen LogP contribution in [0.1, 0.15) is 32.1 Å². The van der Waals surface area contributed by atoms with Crippen molar-refractivity contribution in [2.45, 2.75) is 44.0 Å². The molecule has 1 saturated carbocycles. The van der Waals surface area contributed by atoms with Gasteiger partial charge in [0.25, 0.3) is 0 Å². The van der Waals surface area contributed by atoms with Crippen molar-refractivity contribution in [1.29, 1.82) is 0 Å². The van der Waals surface area contributed by atoms with Gasteiger partial charge in [0.15, 0.2) is 5.72 Å². The molecule has 1 fully saturated rings. The standard InChI is InChI=1S/C10H16F3NO2/c1-14(2)9(6-4-3-5-7-9)16-8(15)10(11,12)13/h3-7H2,1-2H3. The van der Waals surface area contributed by atoms with Crippen molar-refractivity contribution in [3.8, 4) is 0 Å². The predicted molar refractivity (Wildman–Crippen MR) is 51.7 cm³/mol. The van der Waals surface area contributed by atoms with E-state index in [0.717, 1.165) is 19.3 Å². The van der Waals surface area contributed by atoms with Gasteiger partial charge >= 0.3 is 12.1 Å². The third-order valence-electron chi connectivity index (χ3n) is 2.96. The third kappa shape index (κ3) is 2.87. The normalized spacial score (nSPS) is 20.9. The number of nitrogens with zero attached hydrogens (tertiary/aromatic N) is 1. The van der Waals surface area contributed by atoms with E-state index >= 15 is 0 Å². The lowest BCUT2D eigenvalue weighted by Crippen LogP contribution is -2.51. The number of carbonyl (C=O) groups excluding carboxylic acids is 1. The van der Waals surface area contributed by atoms with Gasteiger partial charge < -0.3 is 4.74 Å². The summed E-state index contributed by atoms with van der Waals surface area (Å²) in [6, 6.07) is 0. The Morgan fingerprint density at radius 3 is 2.06 bits per heavy atom. The van der Waals surface area contributed by atoms with Gasteiger partial charge in [-0.2, -0.15) is 13.2 Å². The van der Waals surface area contributed by atoms with Crippen LogP contribution in [-0.4, -0.2) is 36.9 Å². The first-order chi connectivity index (χ1) is 7.28. The van der Waals surface area contributed by atoms with E-state index in [0.29, 0.717) is 12.8 Å². The minimum atomic E-state index is -4.92. The lowest BCUT2D eigenvalue weighted by atomic mass is 9.90. The minimum Gasteiger partial charge on any atom is -0.437 e. The summed E-state index contributed by atoms with van der Waals surface area (Å²) in [6.07, 6.45) is -1.46. The van der Waals surface area contributed by atoms with E-state index in [-0.39, 0.29) is 0 Å². The third-order valence-corrected chi connectivity index (χ3v) is 2.96. The molecule has 0 spiro atoms. The summed E-state index contributed by atoms with van der Waals surface area (Å²) in [5.41, 5.74) is -1.08. The van der Waals surface area contributed by atoms with Crippen LogP contribution in [0.15, 0.2) is 0 Å². The quantitative estimate of drug-likeness (QED) is 0.547. The van der Waals surface area contributed by atoms with Gasteiger partial charge in [0, 0.05) is 12.8 Å². The van der Waals surface area contributed by atoms with E-state index in [1.54, 1.807) is 19.0 Å². The molecule has 0 amide bonds. The molecule has 0 heterocycles. The van der Waals surface area contributed by atoms with Gasteiger partial charge in [-0.05, 0) is 26.9 Å². The van der Waals surface area contributed by atoms with Crippen molar-refractivity contribution in [3.63, 3.8) is 0 Å².